The highest BCUT2D eigenvalue weighted by molar-refractivity contribution is 7.12. The normalized spacial score (nSPS) is 16.2. The van der Waals surface area contributed by atoms with E-state index in [-0.39, 0.29) is 17.4 Å². The topological polar surface area (TPSA) is 55.1 Å². The molecule has 0 saturated carbocycles. The molecule has 1 aliphatic rings. The number of aryl methyl sites for hydroxylation is 2. The molecular weight excluding hydrogens is 256 g/mol. The molecule has 0 bridgehead atoms. The second-order valence-electron chi connectivity index (χ2n) is 6.47. The van der Waals surface area contributed by atoms with Crippen LogP contribution in [0.1, 0.15) is 48.9 Å². The summed E-state index contributed by atoms with van der Waals surface area (Å²) in [5.41, 5.74) is 7.48. The maximum atomic E-state index is 11.9. The predicted molar refractivity (Wildman–Crippen MR) is 80.2 cm³/mol. The Hall–Kier alpha value is -0.870. The van der Waals surface area contributed by atoms with Gasteiger partial charge in [0.15, 0.2) is 0 Å². The number of carbonyl (C=O) groups excluding carboxylic acids is 1. The lowest BCUT2D eigenvalue weighted by molar-refractivity contribution is -0.122. The number of rotatable bonds is 4. The van der Waals surface area contributed by atoms with Crippen LogP contribution in [-0.2, 0) is 24.2 Å². The van der Waals surface area contributed by atoms with Gasteiger partial charge in [-0.15, -0.1) is 11.3 Å². The first-order valence-electron chi connectivity index (χ1n) is 6.99. The first-order valence-corrected chi connectivity index (χ1v) is 7.80. The fourth-order valence-electron chi connectivity index (χ4n) is 2.24. The Labute approximate surface area is 119 Å². The average Bonchev–Trinajstić information content (AvgIpc) is 2.84. The quantitative estimate of drug-likeness (QED) is 0.891. The first kappa shape index (κ1) is 14.5. The molecule has 1 amide bonds. The van der Waals surface area contributed by atoms with Crippen molar-refractivity contribution in [1.29, 1.82) is 0 Å². The van der Waals surface area contributed by atoms with Crippen molar-refractivity contribution in [1.82, 2.24) is 5.32 Å². The van der Waals surface area contributed by atoms with E-state index in [2.05, 4.69) is 32.2 Å². The van der Waals surface area contributed by atoms with Crippen molar-refractivity contribution in [2.24, 2.45) is 11.1 Å². The van der Waals surface area contributed by atoms with E-state index in [1.807, 2.05) is 11.3 Å². The van der Waals surface area contributed by atoms with Gasteiger partial charge in [0, 0.05) is 22.2 Å². The predicted octanol–water partition coefficient (Wildman–Crippen LogP) is 2.62. The monoisotopic (exact) mass is 280 g/mol. The molecule has 3 N–H and O–H groups in total. The van der Waals surface area contributed by atoms with Gasteiger partial charge < -0.3 is 11.1 Å². The van der Waals surface area contributed by atoms with E-state index in [1.165, 1.54) is 34.6 Å². The molecular formula is C15H24N2OS. The van der Waals surface area contributed by atoms with Crippen LogP contribution in [0.25, 0.3) is 0 Å². The van der Waals surface area contributed by atoms with Gasteiger partial charge in [0.2, 0.25) is 5.91 Å². The molecule has 1 atom stereocenters. The van der Waals surface area contributed by atoms with Gasteiger partial charge in [-0.1, -0.05) is 20.8 Å². The highest BCUT2D eigenvalue weighted by Crippen LogP contribution is 2.30. The van der Waals surface area contributed by atoms with E-state index >= 15 is 0 Å². The number of fused-ring (bicyclic) bond motifs is 1. The summed E-state index contributed by atoms with van der Waals surface area (Å²) in [6.45, 7) is 6.84. The van der Waals surface area contributed by atoms with Crippen molar-refractivity contribution in [2.75, 3.05) is 0 Å². The molecule has 0 aliphatic heterocycles. The van der Waals surface area contributed by atoms with E-state index in [0.29, 0.717) is 13.0 Å². The summed E-state index contributed by atoms with van der Waals surface area (Å²) < 4.78 is 0. The summed E-state index contributed by atoms with van der Waals surface area (Å²) in [5.74, 6) is 0.0518. The zero-order valence-corrected chi connectivity index (χ0v) is 12.9. The molecule has 4 heteroatoms. The Kier molecular flexibility index (Phi) is 4.31. The third kappa shape index (κ3) is 3.80. The minimum atomic E-state index is -0.0964. The molecule has 1 aliphatic carbocycles. The maximum Gasteiger partial charge on any atom is 0.221 e. The van der Waals surface area contributed by atoms with Crippen molar-refractivity contribution in [3.8, 4) is 0 Å². The SMILES string of the molecule is CC(C)(C)C(N)CC(=O)NCc1cc2c(s1)CCC2. The highest BCUT2D eigenvalue weighted by Gasteiger charge is 2.23. The van der Waals surface area contributed by atoms with Crippen LogP contribution in [0.15, 0.2) is 6.07 Å². The lowest BCUT2D eigenvalue weighted by atomic mass is 9.85. The summed E-state index contributed by atoms with van der Waals surface area (Å²) in [5, 5.41) is 2.98. The fraction of sp³-hybridized carbons (Fsp3) is 0.667. The van der Waals surface area contributed by atoms with Crippen LogP contribution < -0.4 is 11.1 Å². The van der Waals surface area contributed by atoms with Gasteiger partial charge >= 0.3 is 0 Å². The molecule has 0 radical (unpaired) electrons. The van der Waals surface area contributed by atoms with E-state index in [0.717, 1.165) is 0 Å². The van der Waals surface area contributed by atoms with Gasteiger partial charge in [0.25, 0.3) is 0 Å². The van der Waals surface area contributed by atoms with Gasteiger partial charge in [-0.25, -0.2) is 0 Å². The molecule has 0 spiro atoms. The lowest BCUT2D eigenvalue weighted by Gasteiger charge is -2.26. The molecule has 3 nitrogen and oxygen atoms in total. The van der Waals surface area contributed by atoms with Crippen LogP contribution in [0.3, 0.4) is 0 Å². The summed E-state index contributed by atoms with van der Waals surface area (Å²) in [4.78, 5) is 14.6. The van der Waals surface area contributed by atoms with Crippen LogP contribution in [0.5, 0.6) is 0 Å². The standard InChI is InChI=1S/C15H24N2OS/c1-15(2,3)13(16)8-14(18)17-9-11-7-10-5-4-6-12(10)19-11/h7,13H,4-6,8-9,16H2,1-3H3,(H,17,18). The van der Waals surface area contributed by atoms with Crippen molar-refractivity contribution in [3.05, 3.63) is 21.4 Å². The molecule has 106 valence electrons. The van der Waals surface area contributed by atoms with Crippen molar-refractivity contribution < 1.29 is 4.79 Å². The molecule has 1 heterocycles. The smallest absolute Gasteiger partial charge is 0.221 e. The van der Waals surface area contributed by atoms with Crippen molar-refractivity contribution >= 4 is 17.2 Å². The number of nitrogens with two attached hydrogens (primary N) is 1. The largest absolute Gasteiger partial charge is 0.351 e. The summed E-state index contributed by atoms with van der Waals surface area (Å²) >= 11 is 1.84. The minimum absolute atomic E-state index is 0.0263. The Bertz CT molecular complexity index is 438. The summed E-state index contributed by atoms with van der Waals surface area (Å²) in [7, 11) is 0. The molecule has 0 saturated heterocycles. The Morgan fingerprint density at radius 1 is 1.47 bits per heavy atom. The van der Waals surface area contributed by atoms with Crippen LogP contribution in [-0.4, -0.2) is 11.9 Å². The molecule has 0 aromatic carbocycles. The zero-order valence-electron chi connectivity index (χ0n) is 12.1. The zero-order chi connectivity index (χ0) is 14.0. The summed E-state index contributed by atoms with van der Waals surface area (Å²) in [6, 6.07) is 2.15. The molecule has 1 aromatic rings. The Morgan fingerprint density at radius 3 is 2.84 bits per heavy atom. The number of amides is 1. The Morgan fingerprint density at radius 2 is 2.21 bits per heavy atom. The van der Waals surface area contributed by atoms with Crippen LogP contribution >= 0.6 is 11.3 Å². The van der Waals surface area contributed by atoms with Gasteiger partial charge in [0.05, 0.1) is 6.54 Å². The maximum absolute atomic E-state index is 11.9. The second-order valence-corrected chi connectivity index (χ2v) is 7.69. The number of carbonyl (C=O) groups is 1. The van der Waals surface area contributed by atoms with Crippen LogP contribution in [0.4, 0.5) is 0 Å². The minimum Gasteiger partial charge on any atom is -0.351 e. The fourth-order valence-corrected chi connectivity index (χ4v) is 3.44. The van der Waals surface area contributed by atoms with E-state index < -0.39 is 0 Å². The molecule has 1 aromatic heterocycles. The van der Waals surface area contributed by atoms with Gasteiger partial charge in [0.1, 0.15) is 0 Å². The number of thiophene rings is 1. The van der Waals surface area contributed by atoms with Crippen molar-refractivity contribution in [2.45, 2.75) is 59.0 Å². The van der Waals surface area contributed by atoms with Crippen LogP contribution in [0.2, 0.25) is 0 Å². The third-order valence-corrected chi connectivity index (χ3v) is 5.01. The van der Waals surface area contributed by atoms with Gasteiger partial charge in [-0.3, -0.25) is 4.79 Å². The number of hydrogen-bond acceptors (Lipinski definition) is 3. The van der Waals surface area contributed by atoms with Gasteiger partial charge in [-0.2, -0.15) is 0 Å². The number of nitrogens with one attached hydrogen (secondary N) is 1. The van der Waals surface area contributed by atoms with Crippen molar-refractivity contribution in [3.63, 3.8) is 0 Å². The summed E-state index contributed by atoms with van der Waals surface area (Å²) in [6.07, 6.45) is 4.10. The molecule has 19 heavy (non-hydrogen) atoms. The molecule has 1 unspecified atom stereocenters. The third-order valence-electron chi connectivity index (χ3n) is 3.78. The van der Waals surface area contributed by atoms with E-state index in [4.69, 9.17) is 5.73 Å². The van der Waals surface area contributed by atoms with Gasteiger partial charge in [-0.05, 0) is 36.3 Å². The van der Waals surface area contributed by atoms with E-state index in [9.17, 15) is 4.79 Å². The van der Waals surface area contributed by atoms with Crippen LogP contribution in [0, 0.1) is 5.41 Å². The first-order chi connectivity index (χ1) is 8.86. The average molecular weight is 280 g/mol. The molecule has 0 fully saturated rings. The lowest BCUT2D eigenvalue weighted by Crippen LogP contribution is -2.39. The number of hydrogen-bond donors (Lipinski definition) is 2. The highest BCUT2D eigenvalue weighted by atomic mass is 32.1. The molecule has 2 rings (SSSR count). The van der Waals surface area contributed by atoms with E-state index in [1.54, 1.807) is 0 Å². The second kappa shape index (κ2) is 5.63. The Balaban J connectivity index is 1.80.